The molecule has 25 heavy (non-hydrogen) atoms. The average Bonchev–Trinajstić information content (AvgIpc) is 3.12. The number of amides is 1. The van der Waals surface area contributed by atoms with Crippen LogP contribution in [0.25, 0.3) is 11.1 Å². The molecule has 0 aromatic heterocycles. The zero-order valence-corrected chi connectivity index (χ0v) is 15.2. The molecule has 1 unspecified atom stereocenters. The molecule has 1 amide bonds. The summed E-state index contributed by atoms with van der Waals surface area (Å²) in [7, 11) is -0.447. The number of rotatable bonds is 4. The van der Waals surface area contributed by atoms with Crippen molar-refractivity contribution in [1.29, 1.82) is 0 Å². The third kappa shape index (κ3) is 3.32. The van der Waals surface area contributed by atoms with Crippen LogP contribution in [-0.4, -0.2) is 50.2 Å². The molecular weight excluding hydrogens is 336 g/mol. The summed E-state index contributed by atoms with van der Waals surface area (Å²) >= 11 is 0. The Kier molecular flexibility index (Phi) is 4.92. The van der Waals surface area contributed by atoms with Crippen molar-refractivity contribution < 1.29 is 13.2 Å². The Morgan fingerprint density at radius 2 is 1.68 bits per heavy atom. The maximum Gasteiger partial charge on any atom is 0.244 e. The third-order valence-corrected chi connectivity index (χ3v) is 6.45. The SMILES string of the molecule is CN(C)C(=O)C1CCCN1S(=O)(=O)c1ccccc1-c1ccccc1. The molecule has 1 aliphatic rings. The van der Waals surface area contributed by atoms with Gasteiger partial charge in [0.2, 0.25) is 15.9 Å². The highest BCUT2D eigenvalue weighted by atomic mass is 32.2. The van der Waals surface area contributed by atoms with E-state index in [1.54, 1.807) is 32.3 Å². The van der Waals surface area contributed by atoms with Crippen LogP contribution < -0.4 is 0 Å². The quantitative estimate of drug-likeness (QED) is 0.844. The van der Waals surface area contributed by atoms with Crippen LogP contribution >= 0.6 is 0 Å². The number of hydrogen-bond donors (Lipinski definition) is 0. The maximum absolute atomic E-state index is 13.3. The summed E-state index contributed by atoms with van der Waals surface area (Å²) in [5.74, 6) is -0.168. The average molecular weight is 358 g/mol. The number of sulfonamides is 1. The van der Waals surface area contributed by atoms with Gasteiger partial charge in [0.25, 0.3) is 0 Å². The van der Waals surface area contributed by atoms with Gasteiger partial charge in [-0.15, -0.1) is 0 Å². The first kappa shape index (κ1) is 17.6. The summed E-state index contributed by atoms with van der Waals surface area (Å²) < 4.78 is 28.0. The van der Waals surface area contributed by atoms with Crippen molar-refractivity contribution >= 4 is 15.9 Å². The van der Waals surface area contributed by atoms with E-state index in [1.807, 2.05) is 36.4 Å². The van der Waals surface area contributed by atoms with Crippen molar-refractivity contribution in [3.8, 4) is 11.1 Å². The normalized spacial score (nSPS) is 18.2. The van der Waals surface area contributed by atoms with Crippen LogP contribution in [-0.2, 0) is 14.8 Å². The van der Waals surface area contributed by atoms with Gasteiger partial charge in [-0.05, 0) is 24.5 Å². The van der Waals surface area contributed by atoms with E-state index in [0.717, 1.165) is 5.56 Å². The number of benzene rings is 2. The lowest BCUT2D eigenvalue weighted by molar-refractivity contribution is -0.132. The lowest BCUT2D eigenvalue weighted by Gasteiger charge is -2.26. The van der Waals surface area contributed by atoms with E-state index in [1.165, 1.54) is 9.21 Å². The van der Waals surface area contributed by atoms with Crippen LogP contribution in [0.4, 0.5) is 0 Å². The number of likely N-dealkylation sites (N-methyl/N-ethyl adjacent to an activating group) is 1. The first-order valence-electron chi connectivity index (χ1n) is 8.30. The molecule has 0 radical (unpaired) electrons. The van der Waals surface area contributed by atoms with Gasteiger partial charge in [-0.3, -0.25) is 4.79 Å². The molecule has 2 aromatic rings. The van der Waals surface area contributed by atoms with Crippen molar-refractivity contribution in [1.82, 2.24) is 9.21 Å². The minimum atomic E-state index is -3.76. The summed E-state index contributed by atoms with van der Waals surface area (Å²) in [5.41, 5.74) is 1.50. The van der Waals surface area contributed by atoms with Crippen LogP contribution in [0.2, 0.25) is 0 Å². The fourth-order valence-corrected chi connectivity index (χ4v) is 5.11. The maximum atomic E-state index is 13.3. The van der Waals surface area contributed by atoms with Crippen molar-refractivity contribution in [3.05, 3.63) is 54.6 Å². The highest BCUT2D eigenvalue weighted by molar-refractivity contribution is 7.89. The Bertz CT molecular complexity index is 863. The lowest BCUT2D eigenvalue weighted by atomic mass is 10.1. The molecular formula is C19H22N2O3S. The Hall–Kier alpha value is -2.18. The molecule has 0 N–H and O–H groups in total. The van der Waals surface area contributed by atoms with E-state index in [-0.39, 0.29) is 10.8 Å². The largest absolute Gasteiger partial charge is 0.347 e. The molecule has 1 saturated heterocycles. The first-order chi connectivity index (χ1) is 11.9. The van der Waals surface area contributed by atoms with E-state index in [2.05, 4.69) is 0 Å². The molecule has 132 valence electrons. The molecule has 5 nitrogen and oxygen atoms in total. The van der Waals surface area contributed by atoms with Gasteiger partial charge in [-0.25, -0.2) is 8.42 Å². The van der Waals surface area contributed by atoms with Crippen molar-refractivity contribution in [2.24, 2.45) is 0 Å². The minimum absolute atomic E-state index is 0.168. The summed E-state index contributed by atoms with van der Waals surface area (Å²) in [6.45, 7) is 0.371. The van der Waals surface area contributed by atoms with Gasteiger partial charge in [0, 0.05) is 26.2 Å². The molecule has 0 saturated carbocycles. The van der Waals surface area contributed by atoms with Crippen molar-refractivity contribution in [2.45, 2.75) is 23.8 Å². The molecule has 1 aliphatic heterocycles. The number of hydrogen-bond acceptors (Lipinski definition) is 3. The lowest BCUT2D eigenvalue weighted by Crippen LogP contribution is -2.45. The minimum Gasteiger partial charge on any atom is -0.347 e. The molecule has 1 atom stereocenters. The number of carbonyl (C=O) groups is 1. The highest BCUT2D eigenvalue weighted by Gasteiger charge is 2.40. The second-order valence-electron chi connectivity index (χ2n) is 6.37. The zero-order valence-electron chi connectivity index (χ0n) is 14.4. The van der Waals surface area contributed by atoms with E-state index in [0.29, 0.717) is 24.9 Å². The fourth-order valence-electron chi connectivity index (χ4n) is 3.25. The summed E-state index contributed by atoms with van der Waals surface area (Å²) in [4.78, 5) is 14.1. The summed E-state index contributed by atoms with van der Waals surface area (Å²) in [6.07, 6.45) is 1.25. The molecule has 0 bridgehead atoms. The van der Waals surface area contributed by atoms with Gasteiger partial charge < -0.3 is 4.90 Å². The van der Waals surface area contributed by atoms with E-state index < -0.39 is 16.1 Å². The second kappa shape index (κ2) is 6.98. The van der Waals surface area contributed by atoms with Gasteiger partial charge in [0.15, 0.2) is 0 Å². The van der Waals surface area contributed by atoms with Crippen LogP contribution in [0.1, 0.15) is 12.8 Å². The fraction of sp³-hybridized carbons (Fsp3) is 0.316. The van der Waals surface area contributed by atoms with Crippen LogP contribution in [0.5, 0.6) is 0 Å². The zero-order chi connectivity index (χ0) is 18.0. The molecule has 6 heteroatoms. The first-order valence-corrected chi connectivity index (χ1v) is 9.74. The highest BCUT2D eigenvalue weighted by Crippen LogP contribution is 2.33. The predicted octanol–water partition coefficient (Wildman–Crippen LogP) is 2.59. The molecule has 2 aromatic carbocycles. The molecule has 0 spiro atoms. The topological polar surface area (TPSA) is 57.7 Å². The van der Waals surface area contributed by atoms with Crippen LogP contribution in [0.15, 0.2) is 59.5 Å². The van der Waals surface area contributed by atoms with E-state index >= 15 is 0 Å². The Morgan fingerprint density at radius 3 is 2.36 bits per heavy atom. The number of carbonyl (C=O) groups excluding carboxylic acids is 1. The molecule has 0 aliphatic carbocycles. The van der Waals surface area contributed by atoms with Gasteiger partial charge >= 0.3 is 0 Å². The summed E-state index contributed by atoms with van der Waals surface area (Å²) in [6, 6.07) is 15.8. The monoisotopic (exact) mass is 358 g/mol. The standard InChI is InChI=1S/C19H22N2O3S/c1-20(2)19(22)17-12-8-14-21(17)25(23,24)18-13-7-6-11-16(18)15-9-4-3-5-10-15/h3-7,9-11,13,17H,8,12,14H2,1-2H3. The molecule has 1 fully saturated rings. The van der Waals surface area contributed by atoms with Crippen molar-refractivity contribution in [3.63, 3.8) is 0 Å². The van der Waals surface area contributed by atoms with Crippen LogP contribution in [0.3, 0.4) is 0 Å². The van der Waals surface area contributed by atoms with Gasteiger partial charge in [0.05, 0.1) is 4.90 Å². The van der Waals surface area contributed by atoms with Crippen LogP contribution in [0, 0.1) is 0 Å². The predicted molar refractivity (Wildman–Crippen MR) is 97.5 cm³/mol. The molecule has 3 rings (SSSR count). The van der Waals surface area contributed by atoms with Crippen molar-refractivity contribution in [2.75, 3.05) is 20.6 Å². The van der Waals surface area contributed by atoms with Gasteiger partial charge in [-0.1, -0.05) is 48.5 Å². The number of nitrogens with zero attached hydrogens (tertiary/aromatic N) is 2. The van der Waals surface area contributed by atoms with E-state index in [9.17, 15) is 13.2 Å². The second-order valence-corrected chi connectivity index (χ2v) is 8.23. The Balaban J connectivity index is 2.06. The smallest absolute Gasteiger partial charge is 0.244 e. The van der Waals surface area contributed by atoms with E-state index in [4.69, 9.17) is 0 Å². The Labute approximate surface area is 148 Å². The molecule has 1 heterocycles. The summed E-state index contributed by atoms with van der Waals surface area (Å²) in [5, 5.41) is 0. The van der Waals surface area contributed by atoms with Gasteiger partial charge in [-0.2, -0.15) is 4.31 Å². The Morgan fingerprint density at radius 1 is 1.04 bits per heavy atom. The van der Waals surface area contributed by atoms with Gasteiger partial charge in [0.1, 0.15) is 6.04 Å². The third-order valence-electron chi connectivity index (χ3n) is 4.49.